The summed E-state index contributed by atoms with van der Waals surface area (Å²) in [5, 5.41) is 0. The second-order valence-corrected chi connectivity index (χ2v) is 8.92. The van der Waals surface area contributed by atoms with Gasteiger partial charge in [0.1, 0.15) is 0 Å². The van der Waals surface area contributed by atoms with Crippen molar-refractivity contribution in [2.75, 3.05) is 27.7 Å². The molecule has 2 aromatic carbocycles. The van der Waals surface area contributed by atoms with Crippen LogP contribution < -0.4 is 0 Å². The number of carbonyl (C=O) groups is 1. The summed E-state index contributed by atoms with van der Waals surface area (Å²) in [6, 6.07) is 20.0. The first-order valence-corrected chi connectivity index (χ1v) is 10.8. The van der Waals surface area contributed by atoms with Gasteiger partial charge >= 0.3 is 0 Å². The van der Waals surface area contributed by atoms with Gasteiger partial charge in [0.25, 0.3) is 0 Å². The second kappa shape index (κ2) is 8.68. The Bertz CT molecular complexity index is 835. The minimum Gasteiger partial charge on any atom is -0.341 e. The number of rotatable bonds is 6. The van der Waals surface area contributed by atoms with Gasteiger partial charge in [-0.2, -0.15) is 0 Å². The third-order valence-electron chi connectivity index (χ3n) is 6.57. The van der Waals surface area contributed by atoms with Crippen molar-refractivity contribution in [3.8, 4) is 0 Å². The van der Waals surface area contributed by atoms with Crippen LogP contribution in [0.25, 0.3) is 0 Å². The van der Waals surface area contributed by atoms with Gasteiger partial charge in [-0.05, 0) is 56.6 Å². The predicted octanol–water partition coefficient (Wildman–Crippen LogP) is 3.93. The molecule has 29 heavy (non-hydrogen) atoms. The lowest BCUT2D eigenvalue weighted by Gasteiger charge is -2.26. The molecule has 3 atom stereocenters. The summed E-state index contributed by atoms with van der Waals surface area (Å²) in [7, 11) is 6.15. The number of hydrogen-bond acceptors (Lipinski definition) is 3. The zero-order chi connectivity index (χ0) is 20.4. The number of fused-ring (bicyclic) bond motifs is 1. The number of hydrogen-bond donors (Lipinski definition) is 0. The summed E-state index contributed by atoms with van der Waals surface area (Å²) in [5.74, 6) is 0.411. The Kier molecular flexibility index (Phi) is 6.02. The molecule has 0 aliphatic carbocycles. The molecule has 0 N–H and O–H groups in total. The van der Waals surface area contributed by atoms with Crippen LogP contribution in [0.5, 0.6) is 0 Å². The van der Waals surface area contributed by atoms with Crippen LogP contribution in [0.15, 0.2) is 54.6 Å². The maximum absolute atomic E-state index is 13.5. The average molecular weight is 392 g/mol. The van der Waals surface area contributed by atoms with E-state index in [4.69, 9.17) is 0 Å². The van der Waals surface area contributed by atoms with Gasteiger partial charge < -0.3 is 9.80 Å². The molecule has 154 valence electrons. The molecule has 2 aliphatic rings. The lowest BCUT2D eigenvalue weighted by molar-refractivity contribution is -0.135. The highest BCUT2D eigenvalue weighted by molar-refractivity contribution is 5.80. The lowest BCUT2D eigenvalue weighted by atomic mass is 9.93. The Morgan fingerprint density at radius 3 is 2.31 bits per heavy atom. The van der Waals surface area contributed by atoms with Crippen molar-refractivity contribution in [3.05, 3.63) is 71.3 Å². The van der Waals surface area contributed by atoms with Crippen LogP contribution >= 0.6 is 0 Å². The van der Waals surface area contributed by atoms with Crippen molar-refractivity contribution < 1.29 is 4.79 Å². The number of amides is 1. The Labute approximate surface area is 175 Å². The molecule has 4 rings (SSSR count). The zero-order valence-corrected chi connectivity index (χ0v) is 17.9. The molecule has 0 spiro atoms. The topological polar surface area (TPSA) is 26.8 Å². The molecule has 0 bridgehead atoms. The Morgan fingerprint density at radius 2 is 1.62 bits per heavy atom. The first kappa shape index (κ1) is 20.1. The van der Waals surface area contributed by atoms with Crippen LogP contribution in [0.3, 0.4) is 0 Å². The molecule has 0 aromatic heterocycles. The van der Waals surface area contributed by atoms with Gasteiger partial charge in [0.15, 0.2) is 0 Å². The fraction of sp³-hybridized carbons (Fsp3) is 0.480. The van der Waals surface area contributed by atoms with E-state index in [1.807, 2.05) is 11.9 Å². The monoisotopic (exact) mass is 391 g/mol. The van der Waals surface area contributed by atoms with Crippen molar-refractivity contribution in [1.82, 2.24) is 14.7 Å². The molecule has 2 saturated heterocycles. The maximum atomic E-state index is 13.5. The van der Waals surface area contributed by atoms with Gasteiger partial charge in [0, 0.05) is 32.2 Å². The third kappa shape index (κ3) is 4.24. The fourth-order valence-electron chi connectivity index (χ4n) is 5.26. The molecule has 0 unspecified atom stereocenters. The summed E-state index contributed by atoms with van der Waals surface area (Å²) in [5.41, 5.74) is 3.90. The lowest BCUT2D eigenvalue weighted by Crippen LogP contribution is -2.38. The molecular weight excluding hydrogens is 358 g/mol. The van der Waals surface area contributed by atoms with E-state index in [1.165, 1.54) is 23.1 Å². The summed E-state index contributed by atoms with van der Waals surface area (Å²) >= 11 is 0. The Balaban J connectivity index is 1.49. The SMILES string of the molecule is CN(C)Cc1ccccc1CN(C)C(=O)[C@@H]1C[C@H](c2ccccc2)N2CCC[C@@H]12. The van der Waals surface area contributed by atoms with E-state index in [0.29, 0.717) is 24.5 Å². The van der Waals surface area contributed by atoms with E-state index in [-0.39, 0.29) is 5.92 Å². The van der Waals surface area contributed by atoms with Crippen LogP contribution in [-0.4, -0.2) is 54.3 Å². The number of carbonyl (C=O) groups excluding carboxylic acids is 1. The van der Waals surface area contributed by atoms with E-state index in [1.54, 1.807) is 0 Å². The Hall–Kier alpha value is -2.17. The molecule has 4 heteroatoms. The van der Waals surface area contributed by atoms with E-state index in [9.17, 15) is 4.79 Å². The molecule has 2 heterocycles. The molecule has 1 amide bonds. The molecule has 2 aliphatic heterocycles. The van der Waals surface area contributed by atoms with Gasteiger partial charge in [-0.3, -0.25) is 9.69 Å². The van der Waals surface area contributed by atoms with Gasteiger partial charge in [-0.25, -0.2) is 0 Å². The minimum atomic E-state index is 0.105. The van der Waals surface area contributed by atoms with E-state index in [0.717, 1.165) is 25.9 Å². The quantitative estimate of drug-likeness (QED) is 0.746. The van der Waals surface area contributed by atoms with Crippen molar-refractivity contribution in [3.63, 3.8) is 0 Å². The largest absolute Gasteiger partial charge is 0.341 e. The third-order valence-corrected chi connectivity index (χ3v) is 6.57. The van der Waals surface area contributed by atoms with Gasteiger partial charge in [-0.15, -0.1) is 0 Å². The highest BCUT2D eigenvalue weighted by Gasteiger charge is 2.47. The molecule has 2 aromatic rings. The highest BCUT2D eigenvalue weighted by Crippen LogP contribution is 2.45. The minimum absolute atomic E-state index is 0.105. The van der Waals surface area contributed by atoms with Crippen LogP contribution in [0.2, 0.25) is 0 Å². The highest BCUT2D eigenvalue weighted by atomic mass is 16.2. The Morgan fingerprint density at radius 1 is 0.966 bits per heavy atom. The second-order valence-electron chi connectivity index (χ2n) is 8.92. The van der Waals surface area contributed by atoms with Crippen molar-refractivity contribution in [2.45, 2.75) is 44.4 Å². The van der Waals surface area contributed by atoms with Crippen molar-refractivity contribution >= 4 is 5.91 Å². The van der Waals surface area contributed by atoms with E-state index >= 15 is 0 Å². The molecule has 4 nitrogen and oxygen atoms in total. The average Bonchev–Trinajstić information content (AvgIpc) is 3.32. The number of benzene rings is 2. The van der Waals surface area contributed by atoms with E-state index in [2.05, 4.69) is 78.5 Å². The standard InChI is InChI=1S/C25H33N3O/c1-26(2)17-20-12-7-8-13-21(20)18-27(3)25(29)22-16-24(19-10-5-4-6-11-19)28-15-9-14-23(22)28/h4-8,10-13,22-24H,9,14-18H2,1-3H3/t22-,23+,24-/m1/s1. The molecule has 0 radical (unpaired) electrons. The summed E-state index contributed by atoms with van der Waals surface area (Å²) < 4.78 is 0. The normalized spacial score (nSPS) is 24.1. The molecule has 2 fully saturated rings. The molecular formula is C25H33N3O. The van der Waals surface area contributed by atoms with Crippen molar-refractivity contribution in [1.29, 1.82) is 0 Å². The smallest absolute Gasteiger partial charge is 0.227 e. The van der Waals surface area contributed by atoms with Crippen LogP contribution in [0.1, 0.15) is 42.0 Å². The summed E-state index contributed by atoms with van der Waals surface area (Å²) in [6.45, 7) is 2.69. The van der Waals surface area contributed by atoms with Crippen LogP contribution in [0, 0.1) is 5.92 Å². The van der Waals surface area contributed by atoms with Crippen LogP contribution in [0.4, 0.5) is 0 Å². The first-order valence-electron chi connectivity index (χ1n) is 10.8. The molecule has 0 saturated carbocycles. The zero-order valence-electron chi connectivity index (χ0n) is 17.9. The predicted molar refractivity (Wildman–Crippen MR) is 117 cm³/mol. The van der Waals surface area contributed by atoms with Crippen LogP contribution in [-0.2, 0) is 17.9 Å². The number of nitrogens with zero attached hydrogens (tertiary/aromatic N) is 3. The van der Waals surface area contributed by atoms with E-state index < -0.39 is 0 Å². The summed E-state index contributed by atoms with van der Waals surface area (Å²) in [6.07, 6.45) is 3.29. The maximum Gasteiger partial charge on any atom is 0.227 e. The van der Waals surface area contributed by atoms with Gasteiger partial charge in [0.2, 0.25) is 5.91 Å². The van der Waals surface area contributed by atoms with Gasteiger partial charge in [0.05, 0.1) is 5.92 Å². The fourth-order valence-corrected chi connectivity index (χ4v) is 5.26. The van der Waals surface area contributed by atoms with Crippen molar-refractivity contribution in [2.24, 2.45) is 5.92 Å². The first-order chi connectivity index (χ1) is 14.0. The van der Waals surface area contributed by atoms with Gasteiger partial charge in [-0.1, -0.05) is 54.6 Å². The summed E-state index contributed by atoms with van der Waals surface area (Å²) in [4.78, 5) is 20.2.